The normalized spacial score (nSPS) is 17.4. The number of aryl methyl sites for hydroxylation is 1. The molecule has 1 amide bonds. The highest BCUT2D eigenvalue weighted by Crippen LogP contribution is 2.21. The van der Waals surface area contributed by atoms with E-state index in [-0.39, 0.29) is 18.3 Å². The van der Waals surface area contributed by atoms with Crippen LogP contribution in [0.15, 0.2) is 24.3 Å². The van der Waals surface area contributed by atoms with Crippen molar-refractivity contribution in [1.82, 2.24) is 10.2 Å². The Hall–Kier alpha value is -1.26. The third-order valence-corrected chi connectivity index (χ3v) is 3.93. The highest BCUT2D eigenvalue weighted by Gasteiger charge is 2.25. The average molecular weight is 313 g/mol. The van der Waals surface area contributed by atoms with Gasteiger partial charge in [0.15, 0.2) is 0 Å². The summed E-state index contributed by atoms with van der Waals surface area (Å²) in [6.45, 7) is 2.79. The van der Waals surface area contributed by atoms with Crippen LogP contribution >= 0.6 is 12.4 Å². The van der Waals surface area contributed by atoms with Crippen LogP contribution in [0, 0.1) is 5.92 Å². The Balaban J connectivity index is 0.00000220. The minimum absolute atomic E-state index is 0. The van der Waals surface area contributed by atoms with E-state index in [0.29, 0.717) is 12.3 Å². The summed E-state index contributed by atoms with van der Waals surface area (Å²) in [6.07, 6.45) is 2.42. The number of nitrogens with zero attached hydrogens (tertiary/aromatic N) is 1. The number of benzene rings is 1. The van der Waals surface area contributed by atoms with Gasteiger partial charge in [0, 0.05) is 19.5 Å². The van der Waals surface area contributed by atoms with Crippen LogP contribution in [0.1, 0.15) is 18.4 Å². The Labute approximate surface area is 133 Å². The van der Waals surface area contributed by atoms with E-state index in [4.69, 9.17) is 4.74 Å². The van der Waals surface area contributed by atoms with Gasteiger partial charge in [0.1, 0.15) is 5.75 Å². The van der Waals surface area contributed by atoms with Crippen molar-refractivity contribution in [3.8, 4) is 5.75 Å². The molecule has 0 saturated carbocycles. The van der Waals surface area contributed by atoms with Gasteiger partial charge in [0.2, 0.25) is 5.91 Å². The quantitative estimate of drug-likeness (QED) is 0.875. The summed E-state index contributed by atoms with van der Waals surface area (Å²) in [7, 11) is 3.63. The van der Waals surface area contributed by atoms with Crippen molar-refractivity contribution in [3.05, 3.63) is 29.8 Å². The van der Waals surface area contributed by atoms with Gasteiger partial charge in [0.25, 0.3) is 0 Å². The van der Waals surface area contributed by atoms with Gasteiger partial charge in [-0.05, 0) is 44.0 Å². The molecule has 1 saturated heterocycles. The van der Waals surface area contributed by atoms with E-state index in [1.165, 1.54) is 0 Å². The topological polar surface area (TPSA) is 41.6 Å². The van der Waals surface area contributed by atoms with Crippen molar-refractivity contribution < 1.29 is 9.53 Å². The summed E-state index contributed by atoms with van der Waals surface area (Å²) < 4.78 is 5.32. The third kappa shape index (κ3) is 4.90. The average Bonchev–Trinajstić information content (AvgIpc) is 2.94. The lowest BCUT2D eigenvalue weighted by Gasteiger charge is -2.17. The van der Waals surface area contributed by atoms with Gasteiger partial charge in [-0.1, -0.05) is 18.2 Å². The first-order chi connectivity index (χ1) is 9.74. The maximum absolute atomic E-state index is 12.2. The highest BCUT2D eigenvalue weighted by molar-refractivity contribution is 5.85. The van der Waals surface area contributed by atoms with Crippen LogP contribution in [0.25, 0.3) is 0 Å². The van der Waals surface area contributed by atoms with E-state index >= 15 is 0 Å². The fourth-order valence-corrected chi connectivity index (χ4v) is 2.82. The van der Waals surface area contributed by atoms with Crippen LogP contribution in [-0.2, 0) is 11.2 Å². The van der Waals surface area contributed by atoms with Crippen LogP contribution in [0.5, 0.6) is 5.75 Å². The van der Waals surface area contributed by atoms with E-state index in [2.05, 4.69) is 5.32 Å². The van der Waals surface area contributed by atoms with Crippen LogP contribution in [0.3, 0.4) is 0 Å². The Morgan fingerprint density at radius 2 is 2.19 bits per heavy atom. The third-order valence-electron chi connectivity index (χ3n) is 3.93. The fourth-order valence-electron chi connectivity index (χ4n) is 2.82. The summed E-state index contributed by atoms with van der Waals surface area (Å²) in [4.78, 5) is 14.2. The minimum atomic E-state index is 0. The van der Waals surface area contributed by atoms with Gasteiger partial charge >= 0.3 is 0 Å². The molecule has 0 bridgehead atoms. The summed E-state index contributed by atoms with van der Waals surface area (Å²) in [5.41, 5.74) is 1.11. The van der Waals surface area contributed by atoms with Crippen LogP contribution < -0.4 is 10.1 Å². The molecule has 4 nitrogen and oxygen atoms in total. The maximum atomic E-state index is 12.2. The first kappa shape index (κ1) is 17.8. The Bertz CT molecular complexity index is 454. The van der Waals surface area contributed by atoms with Gasteiger partial charge in [-0.2, -0.15) is 0 Å². The monoisotopic (exact) mass is 312 g/mol. The molecular formula is C16H25ClN2O2. The number of ether oxygens (including phenoxy) is 1. The molecule has 1 aliphatic rings. The lowest BCUT2D eigenvalue weighted by molar-refractivity contribution is -0.130. The number of carbonyl (C=O) groups excluding carboxylic acids is 1. The minimum Gasteiger partial charge on any atom is -0.496 e. The number of hydrogen-bond acceptors (Lipinski definition) is 3. The number of hydrogen-bond donors (Lipinski definition) is 1. The molecule has 21 heavy (non-hydrogen) atoms. The molecule has 0 aromatic heterocycles. The van der Waals surface area contributed by atoms with E-state index in [9.17, 15) is 4.79 Å². The Kier molecular flexibility index (Phi) is 7.54. The summed E-state index contributed by atoms with van der Waals surface area (Å²) in [5.74, 6) is 1.74. The molecule has 1 aromatic rings. The molecule has 118 valence electrons. The molecule has 0 aliphatic carbocycles. The molecule has 0 spiro atoms. The number of rotatable bonds is 6. The number of para-hydroxylation sites is 1. The van der Waals surface area contributed by atoms with E-state index in [1.54, 1.807) is 7.11 Å². The van der Waals surface area contributed by atoms with Gasteiger partial charge in [0.05, 0.1) is 7.11 Å². The first-order valence-electron chi connectivity index (χ1n) is 7.29. The fraction of sp³-hybridized carbons (Fsp3) is 0.562. The standard InChI is InChI=1S/C16H24N2O2.ClH/c1-17-11-13-9-10-18(12-13)16(19)8-7-14-5-3-4-6-15(14)20-2;/h3-6,13,17H,7-12H2,1-2H3;1H. The van der Waals surface area contributed by atoms with Gasteiger partial charge in [-0.15, -0.1) is 12.4 Å². The SMILES string of the molecule is CNCC1CCN(C(=O)CCc2ccccc2OC)C1.Cl. The molecule has 1 atom stereocenters. The van der Waals surface area contributed by atoms with Crippen molar-refractivity contribution in [1.29, 1.82) is 0 Å². The van der Waals surface area contributed by atoms with Gasteiger partial charge in [-0.25, -0.2) is 0 Å². The number of nitrogens with one attached hydrogen (secondary N) is 1. The predicted octanol–water partition coefficient (Wildman–Crippen LogP) is 2.12. The van der Waals surface area contributed by atoms with Crippen LogP contribution in [0.2, 0.25) is 0 Å². The molecule has 0 radical (unpaired) electrons. The summed E-state index contributed by atoms with van der Waals surface area (Å²) in [5, 5.41) is 3.19. The highest BCUT2D eigenvalue weighted by atomic mass is 35.5. The van der Waals surface area contributed by atoms with Crippen molar-refractivity contribution in [2.75, 3.05) is 33.8 Å². The molecule has 5 heteroatoms. The number of halogens is 1. The lowest BCUT2D eigenvalue weighted by Crippen LogP contribution is -2.30. The number of likely N-dealkylation sites (tertiary alicyclic amines) is 1. The van der Waals surface area contributed by atoms with Crippen LogP contribution in [-0.4, -0.2) is 44.6 Å². The molecular weight excluding hydrogens is 288 g/mol. The van der Waals surface area contributed by atoms with Gasteiger partial charge in [-0.3, -0.25) is 4.79 Å². The predicted molar refractivity (Wildman–Crippen MR) is 87.2 cm³/mol. The molecule has 1 N–H and O–H groups in total. The molecule has 1 aliphatic heterocycles. The second kappa shape index (κ2) is 8.90. The van der Waals surface area contributed by atoms with Crippen molar-refractivity contribution >= 4 is 18.3 Å². The second-order valence-corrected chi connectivity index (χ2v) is 5.36. The zero-order valence-corrected chi connectivity index (χ0v) is 13.6. The van der Waals surface area contributed by atoms with Crippen molar-refractivity contribution in [2.45, 2.75) is 19.3 Å². The number of amides is 1. The second-order valence-electron chi connectivity index (χ2n) is 5.36. The largest absolute Gasteiger partial charge is 0.496 e. The Morgan fingerprint density at radius 3 is 2.90 bits per heavy atom. The molecule has 1 fully saturated rings. The van der Waals surface area contributed by atoms with E-state index in [0.717, 1.165) is 43.8 Å². The van der Waals surface area contributed by atoms with Gasteiger partial charge < -0.3 is 15.0 Å². The maximum Gasteiger partial charge on any atom is 0.222 e. The lowest BCUT2D eigenvalue weighted by atomic mass is 10.1. The molecule has 1 heterocycles. The molecule has 1 unspecified atom stereocenters. The van der Waals surface area contributed by atoms with E-state index < -0.39 is 0 Å². The molecule has 2 rings (SSSR count). The van der Waals surface area contributed by atoms with Crippen molar-refractivity contribution in [2.24, 2.45) is 5.92 Å². The smallest absolute Gasteiger partial charge is 0.222 e. The Morgan fingerprint density at radius 1 is 1.43 bits per heavy atom. The number of carbonyl (C=O) groups is 1. The van der Waals surface area contributed by atoms with Crippen LogP contribution in [0.4, 0.5) is 0 Å². The zero-order valence-electron chi connectivity index (χ0n) is 12.8. The van der Waals surface area contributed by atoms with E-state index in [1.807, 2.05) is 36.2 Å². The summed E-state index contributed by atoms with van der Waals surface area (Å²) >= 11 is 0. The summed E-state index contributed by atoms with van der Waals surface area (Å²) in [6, 6.07) is 7.91. The number of methoxy groups -OCH3 is 1. The zero-order chi connectivity index (χ0) is 14.4. The molecule has 1 aromatic carbocycles. The van der Waals surface area contributed by atoms with Crippen molar-refractivity contribution in [3.63, 3.8) is 0 Å². The first-order valence-corrected chi connectivity index (χ1v) is 7.29.